The predicted octanol–water partition coefficient (Wildman–Crippen LogP) is 4.67. The van der Waals surface area contributed by atoms with Crippen LogP contribution in [0.25, 0.3) is 0 Å². The van der Waals surface area contributed by atoms with Gasteiger partial charge in [0.2, 0.25) is 0 Å². The van der Waals surface area contributed by atoms with Gasteiger partial charge in [-0.3, -0.25) is 0 Å². The molecule has 1 aromatic rings. The second-order valence-electron chi connectivity index (χ2n) is 5.08. The van der Waals surface area contributed by atoms with Gasteiger partial charge >= 0.3 is 0 Å². The summed E-state index contributed by atoms with van der Waals surface area (Å²) >= 11 is 3.47. The highest BCUT2D eigenvalue weighted by Crippen LogP contribution is 2.31. The SMILES string of the molecule is Cc1ccc(Br)cc1OCC(C)(C)[Si](C)C. The number of benzene rings is 1. The van der Waals surface area contributed by atoms with Gasteiger partial charge in [-0.1, -0.05) is 48.9 Å². The molecule has 0 saturated carbocycles. The molecular weight excluding hydrogens is 280 g/mol. The van der Waals surface area contributed by atoms with Gasteiger partial charge in [0.1, 0.15) is 5.75 Å². The zero-order chi connectivity index (χ0) is 12.3. The third kappa shape index (κ3) is 3.63. The number of ether oxygens (including phenoxy) is 1. The Hall–Kier alpha value is -0.283. The molecule has 0 aliphatic rings. The van der Waals surface area contributed by atoms with Crippen LogP contribution in [0.3, 0.4) is 0 Å². The minimum Gasteiger partial charge on any atom is -0.493 e. The Morgan fingerprint density at radius 2 is 1.94 bits per heavy atom. The van der Waals surface area contributed by atoms with E-state index in [2.05, 4.69) is 55.9 Å². The van der Waals surface area contributed by atoms with Crippen LogP contribution in [-0.4, -0.2) is 15.4 Å². The Morgan fingerprint density at radius 1 is 1.31 bits per heavy atom. The predicted molar refractivity (Wildman–Crippen MR) is 75.9 cm³/mol. The summed E-state index contributed by atoms with van der Waals surface area (Å²) in [5.74, 6) is 0.991. The van der Waals surface area contributed by atoms with Crippen molar-refractivity contribution in [2.24, 2.45) is 0 Å². The maximum absolute atomic E-state index is 5.94. The smallest absolute Gasteiger partial charge is 0.123 e. The van der Waals surface area contributed by atoms with Crippen molar-refractivity contribution >= 4 is 24.7 Å². The van der Waals surface area contributed by atoms with Gasteiger partial charge in [0.05, 0.1) is 15.4 Å². The lowest BCUT2D eigenvalue weighted by atomic mass is 10.2. The number of hydrogen-bond donors (Lipinski definition) is 0. The van der Waals surface area contributed by atoms with Gasteiger partial charge in [-0.15, -0.1) is 0 Å². The van der Waals surface area contributed by atoms with Crippen molar-refractivity contribution in [3.63, 3.8) is 0 Å². The molecule has 0 bridgehead atoms. The van der Waals surface area contributed by atoms with E-state index in [0.717, 1.165) is 16.8 Å². The van der Waals surface area contributed by atoms with Crippen LogP contribution >= 0.6 is 15.9 Å². The van der Waals surface area contributed by atoms with Crippen LogP contribution in [0.15, 0.2) is 22.7 Å². The molecule has 0 aliphatic carbocycles. The van der Waals surface area contributed by atoms with Gasteiger partial charge in [0.15, 0.2) is 0 Å². The highest BCUT2D eigenvalue weighted by Gasteiger charge is 2.24. The van der Waals surface area contributed by atoms with Crippen LogP contribution in [0.2, 0.25) is 18.1 Å². The Labute approximate surface area is 109 Å². The van der Waals surface area contributed by atoms with Crippen molar-refractivity contribution < 1.29 is 4.74 Å². The molecule has 0 unspecified atom stereocenters. The van der Waals surface area contributed by atoms with E-state index in [0.29, 0.717) is 5.04 Å². The maximum atomic E-state index is 5.94. The Kier molecular flexibility index (Phi) is 4.62. The fraction of sp³-hybridized carbons (Fsp3) is 0.538. The largest absolute Gasteiger partial charge is 0.493 e. The molecule has 0 spiro atoms. The zero-order valence-corrected chi connectivity index (χ0v) is 13.3. The van der Waals surface area contributed by atoms with E-state index in [4.69, 9.17) is 4.74 Å². The van der Waals surface area contributed by atoms with E-state index < -0.39 is 0 Å². The van der Waals surface area contributed by atoms with Gasteiger partial charge in [-0.25, -0.2) is 0 Å². The molecule has 1 aromatic carbocycles. The average molecular weight is 300 g/mol. The monoisotopic (exact) mass is 299 g/mol. The summed E-state index contributed by atoms with van der Waals surface area (Å²) in [5.41, 5.74) is 1.19. The summed E-state index contributed by atoms with van der Waals surface area (Å²) in [4.78, 5) is 0. The fourth-order valence-corrected chi connectivity index (χ4v) is 1.83. The highest BCUT2D eigenvalue weighted by molar-refractivity contribution is 9.10. The third-order valence-electron chi connectivity index (χ3n) is 3.09. The van der Waals surface area contributed by atoms with E-state index in [1.807, 2.05) is 12.1 Å². The summed E-state index contributed by atoms with van der Waals surface area (Å²) in [5, 5.41) is 0.305. The van der Waals surface area contributed by atoms with E-state index in [9.17, 15) is 0 Å². The minimum atomic E-state index is -0.340. The van der Waals surface area contributed by atoms with Gasteiger partial charge in [0.25, 0.3) is 0 Å². The normalized spacial score (nSPS) is 11.9. The Bertz CT molecular complexity index is 361. The summed E-state index contributed by atoms with van der Waals surface area (Å²) in [6, 6.07) is 6.17. The fourth-order valence-electron chi connectivity index (χ4n) is 1.13. The highest BCUT2D eigenvalue weighted by atomic mass is 79.9. The summed E-state index contributed by atoms with van der Waals surface area (Å²) in [6.07, 6.45) is 0. The van der Waals surface area contributed by atoms with Crippen LogP contribution in [0.1, 0.15) is 19.4 Å². The molecule has 0 aliphatic heterocycles. The number of hydrogen-bond acceptors (Lipinski definition) is 1. The van der Waals surface area contributed by atoms with E-state index in [-0.39, 0.29) is 8.80 Å². The molecule has 0 amide bonds. The first-order valence-electron chi connectivity index (χ1n) is 5.52. The molecule has 3 heteroatoms. The van der Waals surface area contributed by atoms with Crippen molar-refractivity contribution in [3.05, 3.63) is 28.2 Å². The standard InChI is InChI=1S/C13H20BrOSi/c1-10-6-7-11(14)8-12(10)15-9-13(2,3)16(4)5/h6-8H,9H2,1-5H3. The van der Waals surface area contributed by atoms with Crippen LogP contribution in [0.4, 0.5) is 0 Å². The van der Waals surface area contributed by atoms with E-state index in [1.165, 1.54) is 5.56 Å². The van der Waals surface area contributed by atoms with Crippen molar-refractivity contribution in [1.82, 2.24) is 0 Å². The lowest BCUT2D eigenvalue weighted by Gasteiger charge is -2.28. The van der Waals surface area contributed by atoms with Crippen LogP contribution < -0.4 is 4.74 Å². The van der Waals surface area contributed by atoms with Gasteiger partial charge in [-0.05, 0) is 29.7 Å². The van der Waals surface area contributed by atoms with E-state index >= 15 is 0 Å². The number of aryl methyl sites for hydroxylation is 1. The summed E-state index contributed by atoms with van der Waals surface area (Å²) in [6.45, 7) is 12.1. The van der Waals surface area contributed by atoms with Crippen molar-refractivity contribution in [2.45, 2.75) is 38.9 Å². The Balaban J connectivity index is 2.71. The molecule has 1 nitrogen and oxygen atoms in total. The van der Waals surface area contributed by atoms with Crippen LogP contribution in [0, 0.1) is 6.92 Å². The van der Waals surface area contributed by atoms with Gasteiger partial charge < -0.3 is 4.74 Å². The quantitative estimate of drug-likeness (QED) is 0.734. The third-order valence-corrected chi connectivity index (χ3v) is 6.44. The first-order valence-corrected chi connectivity index (χ1v) is 8.82. The van der Waals surface area contributed by atoms with Crippen molar-refractivity contribution in [3.8, 4) is 5.75 Å². The molecule has 0 heterocycles. The minimum absolute atomic E-state index is 0.305. The molecule has 1 rings (SSSR count). The molecule has 0 saturated heterocycles. The Morgan fingerprint density at radius 3 is 2.50 bits per heavy atom. The number of rotatable bonds is 4. The average Bonchev–Trinajstić information content (AvgIpc) is 2.19. The molecule has 89 valence electrons. The van der Waals surface area contributed by atoms with Gasteiger partial charge in [0, 0.05) is 4.47 Å². The van der Waals surface area contributed by atoms with E-state index in [1.54, 1.807) is 0 Å². The first kappa shape index (κ1) is 13.8. The number of halogens is 1. The molecule has 0 atom stereocenters. The molecule has 0 fully saturated rings. The lowest BCUT2D eigenvalue weighted by Crippen LogP contribution is -2.27. The molecule has 16 heavy (non-hydrogen) atoms. The molecule has 1 radical (unpaired) electrons. The first-order chi connectivity index (χ1) is 7.33. The summed E-state index contributed by atoms with van der Waals surface area (Å²) < 4.78 is 7.01. The van der Waals surface area contributed by atoms with Crippen molar-refractivity contribution in [2.75, 3.05) is 6.61 Å². The lowest BCUT2D eigenvalue weighted by molar-refractivity contribution is 0.274. The second kappa shape index (κ2) is 5.37. The maximum Gasteiger partial charge on any atom is 0.123 e. The molecular formula is C13H20BrOSi. The molecule has 0 aromatic heterocycles. The molecule has 0 N–H and O–H groups in total. The summed E-state index contributed by atoms with van der Waals surface area (Å²) in [7, 11) is -0.340. The van der Waals surface area contributed by atoms with Crippen molar-refractivity contribution in [1.29, 1.82) is 0 Å². The zero-order valence-electron chi connectivity index (χ0n) is 10.7. The van der Waals surface area contributed by atoms with Crippen LogP contribution in [0.5, 0.6) is 5.75 Å². The van der Waals surface area contributed by atoms with Crippen LogP contribution in [-0.2, 0) is 0 Å². The van der Waals surface area contributed by atoms with Gasteiger partial charge in [-0.2, -0.15) is 0 Å². The topological polar surface area (TPSA) is 9.23 Å². The second-order valence-corrected chi connectivity index (χ2v) is 9.35.